The number of hydrogen-bond acceptors (Lipinski definition) is 8. The Morgan fingerprint density at radius 3 is 2.58 bits per heavy atom. The number of nitrogens with zero attached hydrogens (tertiary/aromatic N) is 4. The molecule has 0 aliphatic rings. The summed E-state index contributed by atoms with van der Waals surface area (Å²) in [7, 11) is 1.58. The molecular formula is C22H32N6O3. The van der Waals surface area contributed by atoms with E-state index in [-0.39, 0.29) is 17.8 Å². The fourth-order valence-electron chi connectivity index (χ4n) is 3.43. The van der Waals surface area contributed by atoms with Crippen LogP contribution in [-0.4, -0.2) is 48.5 Å². The molecule has 1 atom stereocenters. The predicted octanol–water partition coefficient (Wildman–Crippen LogP) is 3.69. The molecule has 0 bridgehead atoms. The monoisotopic (exact) mass is 428 g/mol. The van der Waals surface area contributed by atoms with Crippen molar-refractivity contribution in [3.05, 3.63) is 30.1 Å². The van der Waals surface area contributed by atoms with Gasteiger partial charge in [0.05, 0.1) is 25.1 Å². The van der Waals surface area contributed by atoms with Crippen LogP contribution in [0.3, 0.4) is 0 Å². The Kier molecular flexibility index (Phi) is 6.54. The zero-order valence-corrected chi connectivity index (χ0v) is 19.0. The van der Waals surface area contributed by atoms with E-state index >= 15 is 0 Å². The highest BCUT2D eigenvalue weighted by Crippen LogP contribution is 2.27. The summed E-state index contributed by atoms with van der Waals surface area (Å²) in [5, 5.41) is 27.2. The zero-order chi connectivity index (χ0) is 22.8. The summed E-state index contributed by atoms with van der Waals surface area (Å²) in [6, 6.07) is 5.01. The van der Waals surface area contributed by atoms with Gasteiger partial charge >= 0.3 is 0 Å². The van der Waals surface area contributed by atoms with Gasteiger partial charge in [-0.25, -0.2) is 4.98 Å². The summed E-state index contributed by atoms with van der Waals surface area (Å²) < 4.78 is 7.23. The number of phenolic OH excluding ortho intramolecular Hbond substituents is 1. The van der Waals surface area contributed by atoms with Crippen LogP contribution in [-0.2, 0) is 6.54 Å². The van der Waals surface area contributed by atoms with E-state index in [0.717, 1.165) is 0 Å². The van der Waals surface area contributed by atoms with E-state index in [1.54, 1.807) is 45.5 Å². The van der Waals surface area contributed by atoms with Crippen molar-refractivity contribution >= 4 is 22.9 Å². The lowest BCUT2D eigenvalue weighted by Crippen LogP contribution is -2.41. The van der Waals surface area contributed by atoms with Gasteiger partial charge in [0.2, 0.25) is 5.95 Å². The van der Waals surface area contributed by atoms with Gasteiger partial charge in [0.25, 0.3) is 0 Å². The number of nitrogens with one attached hydrogen (secondary N) is 2. The van der Waals surface area contributed by atoms with Crippen LogP contribution in [0, 0.1) is 0 Å². The SMILES string of the molecule is CCC(Nc1nc(NCc2cc(OC)ccc2O)c2ncn(C(C)C)c2n1)C(C)(C)O. The van der Waals surface area contributed by atoms with Gasteiger partial charge < -0.3 is 30.2 Å². The lowest BCUT2D eigenvalue weighted by atomic mass is 9.97. The van der Waals surface area contributed by atoms with Crippen molar-refractivity contribution in [1.29, 1.82) is 0 Å². The maximum atomic E-state index is 10.5. The summed E-state index contributed by atoms with van der Waals surface area (Å²) in [4.78, 5) is 13.8. The molecule has 1 aromatic carbocycles. The molecule has 3 rings (SSSR count). The van der Waals surface area contributed by atoms with Crippen LogP contribution in [0.25, 0.3) is 11.2 Å². The minimum atomic E-state index is -0.939. The highest BCUT2D eigenvalue weighted by molar-refractivity contribution is 5.84. The van der Waals surface area contributed by atoms with Gasteiger partial charge in [-0.15, -0.1) is 0 Å². The van der Waals surface area contributed by atoms with Crippen LogP contribution in [0.5, 0.6) is 11.5 Å². The number of methoxy groups -OCH3 is 1. The minimum absolute atomic E-state index is 0.165. The molecule has 9 heteroatoms. The van der Waals surface area contributed by atoms with E-state index in [1.165, 1.54) is 0 Å². The molecule has 31 heavy (non-hydrogen) atoms. The standard InChI is InChI=1S/C22H32N6O3/c1-7-17(22(4,5)30)25-21-26-19(18-20(27-21)28(12-24-18)13(2)3)23-11-14-10-15(31-6)8-9-16(14)29/h8-10,12-13,17,29-30H,7,11H2,1-6H3,(H2,23,25,26,27). The van der Waals surface area contributed by atoms with Crippen molar-refractivity contribution in [3.8, 4) is 11.5 Å². The number of hydrogen-bond donors (Lipinski definition) is 4. The van der Waals surface area contributed by atoms with Crippen molar-refractivity contribution in [2.24, 2.45) is 0 Å². The molecule has 3 aromatic rings. The predicted molar refractivity (Wildman–Crippen MR) is 122 cm³/mol. The average Bonchev–Trinajstić information content (AvgIpc) is 3.14. The van der Waals surface area contributed by atoms with Gasteiger partial charge in [-0.1, -0.05) is 6.92 Å². The smallest absolute Gasteiger partial charge is 0.227 e. The third-order valence-electron chi connectivity index (χ3n) is 5.28. The molecular weight excluding hydrogens is 396 g/mol. The Hall–Kier alpha value is -3.07. The molecule has 4 N–H and O–H groups in total. The normalized spacial score (nSPS) is 12.9. The Bertz CT molecular complexity index is 1040. The Balaban J connectivity index is 1.99. The second-order valence-electron chi connectivity index (χ2n) is 8.42. The summed E-state index contributed by atoms with van der Waals surface area (Å²) in [6.07, 6.45) is 2.45. The molecule has 0 aliphatic carbocycles. The number of imidazole rings is 1. The van der Waals surface area contributed by atoms with Crippen LogP contribution in [0.1, 0.15) is 52.6 Å². The van der Waals surface area contributed by atoms with Gasteiger partial charge in [-0.2, -0.15) is 9.97 Å². The molecule has 0 spiro atoms. The third kappa shape index (κ3) is 4.99. The van der Waals surface area contributed by atoms with Crippen molar-refractivity contribution in [2.75, 3.05) is 17.7 Å². The van der Waals surface area contributed by atoms with E-state index < -0.39 is 5.60 Å². The molecule has 2 heterocycles. The number of aliphatic hydroxyl groups is 1. The van der Waals surface area contributed by atoms with Crippen LogP contribution < -0.4 is 15.4 Å². The molecule has 0 radical (unpaired) electrons. The third-order valence-corrected chi connectivity index (χ3v) is 5.28. The molecule has 0 saturated carbocycles. The molecule has 9 nitrogen and oxygen atoms in total. The summed E-state index contributed by atoms with van der Waals surface area (Å²) in [5.41, 5.74) is 1.06. The number of benzene rings is 1. The number of fused-ring (bicyclic) bond motifs is 1. The summed E-state index contributed by atoms with van der Waals surface area (Å²) >= 11 is 0. The number of anilines is 2. The van der Waals surface area contributed by atoms with Gasteiger partial charge in [0, 0.05) is 18.2 Å². The van der Waals surface area contributed by atoms with Gasteiger partial charge in [0.1, 0.15) is 11.5 Å². The van der Waals surface area contributed by atoms with Crippen LogP contribution in [0.2, 0.25) is 0 Å². The fourth-order valence-corrected chi connectivity index (χ4v) is 3.43. The first-order chi connectivity index (χ1) is 14.6. The van der Waals surface area contributed by atoms with Gasteiger partial charge in [0.15, 0.2) is 17.0 Å². The fraction of sp³-hybridized carbons (Fsp3) is 0.500. The van der Waals surface area contributed by atoms with Gasteiger partial charge in [-0.3, -0.25) is 0 Å². The quantitative estimate of drug-likeness (QED) is 0.408. The molecule has 0 saturated heterocycles. The maximum Gasteiger partial charge on any atom is 0.227 e. The molecule has 1 unspecified atom stereocenters. The molecule has 0 amide bonds. The van der Waals surface area contributed by atoms with Crippen LogP contribution in [0.4, 0.5) is 11.8 Å². The molecule has 168 valence electrons. The van der Waals surface area contributed by atoms with Gasteiger partial charge in [-0.05, 0) is 52.3 Å². The maximum absolute atomic E-state index is 10.5. The molecule has 2 aromatic heterocycles. The van der Waals surface area contributed by atoms with Crippen molar-refractivity contribution in [3.63, 3.8) is 0 Å². The summed E-state index contributed by atoms with van der Waals surface area (Å²) in [5.74, 6) is 1.77. The zero-order valence-electron chi connectivity index (χ0n) is 19.0. The number of rotatable bonds is 9. The number of phenols is 1. The Morgan fingerprint density at radius 1 is 1.23 bits per heavy atom. The van der Waals surface area contributed by atoms with E-state index in [1.807, 2.05) is 11.5 Å². The number of ether oxygens (including phenoxy) is 1. The van der Waals surface area contributed by atoms with E-state index in [2.05, 4.69) is 39.4 Å². The second kappa shape index (κ2) is 8.97. The first kappa shape index (κ1) is 22.6. The average molecular weight is 429 g/mol. The first-order valence-corrected chi connectivity index (χ1v) is 10.5. The highest BCUT2D eigenvalue weighted by Gasteiger charge is 2.26. The van der Waals surface area contributed by atoms with Crippen LogP contribution >= 0.6 is 0 Å². The van der Waals surface area contributed by atoms with E-state index in [9.17, 15) is 10.2 Å². The first-order valence-electron chi connectivity index (χ1n) is 10.5. The van der Waals surface area contributed by atoms with E-state index in [0.29, 0.717) is 47.2 Å². The molecule has 0 fully saturated rings. The lowest BCUT2D eigenvalue weighted by molar-refractivity contribution is 0.0577. The number of aromatic nitrogens is 4. The van der Waals surface area contributed by atoms with Crippen molar-refractivity contribution in [2.45, 2.75) is 65.3 Å². The van der Waals surface area contributed by atoms with E-state index in [4.69, 9.17) is 4.74 Å². The van der Waals surface area contributed by atoms with Crippen molar-refractivity contribution in [1.82, 2.24) is 19.5 Å². The largest absolute Gasteiger partial charge is 0.508 e. The second-order valence-corrected chi connectivity index (χ2v) is 8.42. The molecule has 0 aliphatic heterocycles. The van der Waals surface area contributed by atoms with Crippen molar-refractivity contribution < 1.29 is 14.9 Å². The van der Waals surface area contributed by atoms with Crippen LogP contribution in [0.15, 0.2) is 24.5 Å². The number of aromatic hydroxyl groups is 1. The highest BCUT2D eigenvalue weighted by atomic mass is 16.5. The lowest BCUT2D eigenvalue weighted by Gasteiger charge is -2.29. The topological polar surface area (TPSA) is 117 Å². The minimum Gasteiger partial charge on any atom is -0.508 e. The Labute approximate surface area is 182 Å². The summed E-state index contributed by atoms with van der Waals surface area (Å²) in [6.45, 7) is 9.96. The Morgan fingerprint density at radius 2 is 1.97 bits per heavy atom.